The van der Waals surface area contributed by atoms with Crippen molar-refractivity contribution in [3.8, 4) is 0 Å². The Morgan fingerprint density at radius 2 is 2.44 bits per heavy atom. The van der Waals surface area contributed by atoms with Crippen molar-refractivity contribution in [3.05, 3.63) is 22.2 Å². The maximum atomic E-state index is 11.5. The Hall–Kier alpha value is -1.40. The van der Waals surface area contributed by atoms with E-state index >= 15 is 0 Å². The fourth-order valence-electron chi connectivity index (χ4n) is 2.46. The molecule has 0 aliphatic carbocycles. The second-order valence-electron chi connectivity index (χ2n) is 4.65. The van der Waals surface area contributed by atoms with E-state index in [-0.39, 0.29) is 17.7 Å². The third kappa shape index (κ3) is 2.70. The molecule has 1 aromatic heterocycles. The number of rotatable bonds is 3. The van der Waals surface area contributed by atoms with Crippen molar-refractivity contribution < 1.29 is 4.74 Å². The van der Waals surface area contributed by atoms with Gasteiger partial charge in [0.25, 0.3) is 5.56 Å². The van der Waals surface area contributed by atoms with Crippen LogP contribution in [0.15, 0.2) is 10.9 Å². The lowest BCUT2D eigenvalue weighted by Gasteiger charge is -2.39. The van der Waals surface area contributed by atoms with Crippen LogP contribution < -0.4 is 16.2 Å². The van der Waals surface area contributed by atoms with Crippen LogP contribution >= 0.6 is 0 Å². The largest absolute Gasteiger partial charge is 0.381 e. The number of H-pyrrole nitrogens is 1. The van der Waals surface area contributed by atoms with Gasteiger partial charge in [-0.15, -0.1) is 0 Å². The molecule has 100 valence electrons. The van der Waals surface area contributed by atoms with Gasteiger partial charge < -0.3 is 20.4 Å². The Morgan fingerprint density at radius 3 is 3.06 bits per heavy atom. The van der Waals surface area contributed by atoms with Gasteiger partial charge in [-0.25, -0.2) is 4.98 Å². The number of hydrogen-bond acceptors (Lipinski definition) is 5. The van der Waals surface area contributed by atoms with Crippen LogP contribution in [0.2, 0.25) is 0 Å². The molecule has 1 fully saturated rings. The fourth-order valence-corrected chi connectivity index (χ4v) is 2.46. The van der Waals surface area contributed by atoms with E-state index in [1.165, 1.54) is 6.07 Å². The lowest BCUT2D eigenvalue weighted by Crippen LogP contribution is -2.49. The fraction of sp³-hybridized carbons (Fsp3) is 0.667. The molecule has 0 saturated carbocycles. The third-order valence-corrected chi connectivity index (χ3v) is 3.41. The number of aromatic nitrogens is 2. The topological polar surface area (TPSA) is 84.2 Å². The molecule has 3 N–H and O–H groups in total. The second kappa shape index (κ2) is 5.49. The molecular formula is C12H20N4O2. The summed E-state index contributed by atoms with van der Waals surface area (Å²) in [5.74, 6) is 1.34. The van der Waals surface area contributed by atoms with E-state index in [0.717, 1.165) is 19.4 Å². The number of hydrogen-bond donors (Lipinski definition) is 2. The Balaban J connectivity index is 2.23. The maximum absolute atomic E-state index is 11.5. The lowest BCUT2D eigenvalue weighted by atomic mass is 9.99. The minimum absolute atomic E-state index is 0.123. The zero-order valence-corrected chi connectivity index (χ0v) is 10.8. The Morgan fingerprint density at radius 1 is 1.67 bits per heavy atom. The van der Waals surface area contributed by atoms with Crippen molar-refractivity contribution >= 4 is 5.82 Å². The van der Waals surface area contributed by atoms with Crippen LogP contribution in [-0.2, 0) is 4.74 Å². The van der Waals surface area contributed by atoms with Gasteiger partial charge in [-0.3, -0.25) is 4.79 Å². The van der Waals surface area contributed by atoms with E-state index in [2.05, 4.69) is 14.9 Å². The smallest absolute Gasteiger partial charge is 0.252 e. The predicted molar refractivity (Wildman–Crippen MR) is 69.8 cm³/mol. The molecule has 2 heterocycles. The first kappa shape index (κ1) is 13.0. The van der Waals surface area contributed by atoms with Gasteiger partial charge >= 0.3 is 0 Å². The zero-order valence-electron chi connectivity index (χ0n) is 10.8. The number of ether oxygens (including phenoxy) is 1. The summed E-state index contributed by atoms with van der Waals surface area (Å²) in [6.07, 6.45) is 2.05. The van der Waals surface area contributed by atoms with Crippen molar-refractivity contribution in [2.75, 3.05) is 25.1 Å². The number of methoxy groups -OCH3 is 1. The number of anilines is 1. The van der Waals surface area contributed by atoms with Crippen LogP contribution in [0.3, 0.4) is 0 Å². The molecule has 1 aliphatic heterocycles. The van der Waals surface area contributed by atoms with Crippen LogP contribution in [0.25, 0.3) is 0 Å². The summed E-state index contributed by atoms with van der Waals surface area (Å²) < 4.78 is 5.38. The molecular weight excluding hydrogens is 232 g/mol. The molecule has 0 amide bonds. The number of nitrogens with two attached hydrogens (primary N) is 1. The summed E-state index contributed by atoms with van der Waals surface area (Å²) in [5.41, 5.74) is 5.69. The minimum atomic E-state index is -0.123. The maximum Gasteiger partial charge on any atom is 0.252 e. The van der Waals surface area contributed by atoms with Gasteiger partial charge in [-0.1, -0.05) is 0 Å². The first-order valence-electron chi connectivity index (χ1n) is 6.21. The van der Waals surface area contributed by atoms with E-state index in [1.807, 2.05) is 0 Å². The van der Waals surface area contributed by atoms with Crippen LogP contribution in [0.1, 0.15) is 18.7 Å². The average Bonchev–Trinajstić information content (AvgIpc) is 2.36. The standard InChI is InChI=1S/C12H20N4O2/c1-8-14-11(6-12(17)15-8)16-4-3-10(18-2)5-9(16)7-13/h6,9-10H,3-5,7,13H2,1-2H3,(H,14,15,17). The minimum Gasteiger partial charge on any atom is -0.381 e. The molecule has 1 aromatic rings. The molecule has 0 spiro atoms. The molecule has 2 atom stereocenters. The third-order valence-electron chi connectivity index (χ3n) is 3.41. The Labute approximate surface area is 106 Å². The average molecular weight is 252 g/mol. The molecule has 18 heavy (non-hydrogen) atoms. The summed E-state index contributed by atoms with van der Waals surface area (Å²) in [4.78, 5) is 20.6. The summed E-state index contributed by atoms with van der Waals surface area (Å²) >= 11 is 0. The van der Waals surface area contributed by atoms with E-state index < -0.39 is 0 Å². The molecule has 0 bridgehead atoms. The summed E-state index contributed by atoms with van der Waals surface area (Å²) in [6.45, 7) is 3.13. The number of nitrogens with one attached hydrogen (secondary N) is 1. The van der Waals surface area contributed by atoms with Gasteiger partial charge in [0, 0.05) is 32.3 Å². The Kier molecular flexibility index (Phi) is 3.98. The van der Waals surface area contributed by atoms with Gasteiger partial charge in [-0.2, -0.15) is 0 Å². The van der Waals surface area contributed by atoms with Crippen molar-refractivity contribution in [1.29, 1.82) is 0 Å². The molecule has 1 saturated heterocycles. The van der Waals surface area contributed by atoms with Crippen LogP contribution in [-0.4, -0.2) is 42.3 Å². The van der Waals surface area contributed by atoms with Crippen molar-refractivity contribution in [2.24, 2.45) is 5.73 Å². The molecule has 6 heteroatoms. The SMILES string of the molecule is COC1CCN(c2cc(=O)[nH]c(C)n2)C(CN)C1. The van der Waals surface area contributed by atoms with Crippen LogP contribution in [0.4, 0.5) is 5.82 Å². The summed E-state index contributed by atoms with van der Waals surface area (Å²) in [6, 6.07) is 1.71. The zero-order chi connectivity index (χ0) is 13.1. The normalized spacial score (nSPS) is 24.3. The first-order chi connectivity index (χ1) is 8.63. The monoisotopic (exact) mass is 252 g/mol. The molecule has 2 unspecified atom stereocenters. The lowest BCUT2D eigenvalue weighted by molar-refractivity contribution is 0.0708. The number of piperidine rings is 1. The Bertz CT molecular complexity index is 460. The molecule has 6 nitrogen and oxygen atoms in total. The van der Waals surface area contributed by atoms with Crippen molar-refractivity contribution in [3.63, 3.8) is 0 Å². The van der Waals surface area contributed by atoms with Crippen molar-refractivity contribution in [2.45, 2.75) is 31.9 Å². The highest BCUT2D eigenvalue weighted by Crippen LogP contribution is 2.23. The van der Waals surface area contributed by atoms with Crippen molar-refractivity contribution in [1.82, 2.24) is 9.97 Å². The van der Waals surface area contributed by atoms with E-state index in [9.17, 15) is 4.79 Å². The molecule has 0 radical (unpaired) electrons. The molecule has 1 aliphatic rings. The second-order valence-corrected chi connectivity index (χ2v) is 4.65. The van der Waals surface area contributed by atoms with Gasteiger partial charge in [0.15, 0.2) is 0 Å². The highest BCUT2D eigenvalue weighted by Gasteiger charge is 2.28. The van der Waals surface area contributed by atoms with E-state index in [1.54, 1.807) is 14.0 Å². The van der Waals surface area contributed by atoms with Crippen LogP contribution in [0.5, 0.6) is 0 Å². The van der Waals surface area contributed by atoms with Gasteiger partial charge in [0.05, 0.1) is 6.10 Å². The molecule has 0 aromatic carbocycles. The predicted octanol–water partition coefficient (Wildman–Crippen LogP) is 0.0208. The van der Waals surface area contributed by atoms with E-state index in [4.69, 9.17) is 10.5 Å². The first-order valence-corrected chi connectivity index (χ1v) is 6.21. The summed E-state index contributed by atoms with van der Waals surface area (Å²) in [5, 5.41) is 0. The van der Waals surface area contributed by atoms with Gasteiger partial charge in [-0.05, 0) is 19.8 Å². The highest BCUT2D eigenvalue weighted by atomic mass is 16.5. The number of aromatic amines is 1. The highest BCUT2D eigenvalue weighted by molar-refractivity contribution is 5.39. The number of aryl methyl sites for hydroxylation is 1. The number of nitrogens with zero attached hydrogens (tertiary/aromatic N) is 2. The quantitative estimate of drug-likeness (QED) is 0.792. The summed E-state index contributed by atoms with van der Waals surface area (Å²) in [7, 11) is 1.73. The molecule has 2 rings (SSSR count). The van der Waals surface area contributed by atoms with E-state index in [0.29, 0.717) is 18.2 Å². The van der Waals surface area contributed by atoms with Crippen LogP contribution in [0, 0.1) is 6.92 Å². The van der Waals surface area contributed by atoms with Gasteiger partial charge in [0.1, 0.15) is 11.6 Å². The van der Waals surface area contributed by atoms with Gasteiger partial charge in [0.2, 0.25) is 0 Å².